The highest BCUT2D eigenvalue weighted by molar-refractivity contribution is 7.92. The summed E-state index contributed by atoms with van der Waals surface area (Å²) in [7, 11) is 0.363. The van der Waals surface area contributed by atoms with E-state index in [9.17, 15) is 8.42 Å². The van der Waals surface area contributed by atoms with Gasteiger partial charge in [0.05, 0.1) is 4.75 Å². The maximum absolute atomic E-state index is 12.8. The highest BCUT2D eigenvalue weighted by Crippen LogP contribution is 2.32. The van der Waals surface area contributed by atoms with E-state index in [4.69, 9.17) is 4.74 Å². The molecule has 0 radical (unpaired) electrons. The molecule has 2 aromatic rings. The smallest absolute Gasteiger partial charge is 0.188 e. The topological polar surface area (TPSA) is 63.9 Å². The molecule has 0 aromatic carbocycles. The van der Waals surface area contributed by atoms with Gasteiger partial charge in [-0.1, -0.05) is 0 Å². The summed E-state index contributed by atoms with van der Waals surface area (Å²) in [6.45, 7) is 6.17. The third-order valence-electron chi connectivity index (χ3n) is 3.35. The molecule has 0 unspecified atom stereocenters. The van der Waals surface area contributed by atoms with Gasteiger partial charge in [0.2, 0.25) is 0 Å². The Bertz CT molecular complexity index is 758. The molecule has 0 bridgehead atoms. The standard InChI is InChI=1S/C15H23N3O3S/c1-15(2,3)22(19,20)13-11-18-7-6-16-14(18)10-12(13)21-9-8-17(4)5/h6-7,10-11H,8-9H2,1-5H3. The maximum Gasteiger partial charge on any atom is 0.188 e. The Balaban J connectivity index is 2.50. The van der Waals surface area contributed by atoms with Crippen LogP contribution in [0.4, 0.5) is 0 Å². The monoisotopic (exact) mass is 325 g/mol. The number of sulfone groups is 1. The number of likely N-dealkylation sites (N-methyl/N-ethyl adjacent to an activating group) is 1. The summed E-state index contributed by atoms with van der Waals surface area (Å²) in [6, 6.07) is 1.67. The molecule has 2 rings (SSSR count). The van der Waals surface area contributed by atoms with Gasteiger partial charge in [-0.25, -0.2) is 13.4 Å². The van der Waals surface area contributed by atoms with Gasteiger partial charge >= 0.3 is 0 Å². The number of hydrogen-bond donors (Lipinski definition) is 0. The van der Waals surface area contributed by atoms with Crippen molar-refractivity contribution in [3.63, 3.8) is 0 Å². The molecule has 0 amide bonds. The van der Waals surface area contributed by atoms with Gasteiger partial charge in [-0.3, -0.25) is 0 Å². The second kappa shape index (κ2) is 5.89. The minimum Gasteiger partial charge on any atom is -0.491 e. The predicted octanol–water partition coefficient (Wildman–Crippen LogP) is 1.85. The summed E-state index contributed by atoms with van der Waals surface area (Å²) >= 11 is 0. The largest absolute Gasteiger partial charge is 0.491 e. The summed E-state index contributed by atoms with van der Waals surface area (Å²) < 4.78 is 32.1. The Morgan fingerprint density at radius 1 is 1.32 bits per heavy atom. The van der Waals surface area contributed by atoms with Crippen molar-refractivity contribution in [3.05, 3.63) is 24.7 Å². The van der Waals surface area contributed by atoms with E-state index in [0.717, 1.165) is 0 Å². The lowest BCUT2D eigenvalue weighted by Crippen LogP contribution is -2.29. The fourth-order valence-electron chi connectivity index (χ4n) is 1.91. The zero-order chi connectivity index (χ0) is 16.5. The fraction of sp³-hybridized carbons (Fsp3) is 0.533. The van der Waals surface area contributed by atoms with Crippen LogP contribution in [0, 0.1) is 0 Å². The molecular formula is C15H23N3O3S. The Morgan fingerprint density at radius 3 is 2.59 bits per heavy atom. The van der Waals surface area contributed by atoms with Crippen LogP contribution in [0.25, 0.3) is 5.65 Å². The van der Waals surface area contributed by atoms with Gasteiger partial charge < -0.3 is 14.0 Å². The summed E-state index contributed by atoms with van der Waals surface area (Å²) in [5, 5.41) is 0. The Hall–Kier alpha value is -1.60. The van der Waals surface area contributed by atoms with Crippen LogP contribution in [0.2, 0.25) is 0 Å². The molecule has 0 spiro atoms. The summed E-state index contributed by atoms with van der Waals surface area (Å²) in [4.78, 5) is 6.36. The molecule has 0 saturated heterocycles. The number of fused-ring (bicyclic) bond motifs is 1. The zero-order valence-electron chi connectivity index (χ0n) is 13.7. The van der Waals surface area contributed by atoms with Crippen LogP contribution in [0.3, 0.4) is 0 Å². The second-order valence-corrected chi connectivity index (χ2v) is 9.13. The first-order valence-corrected chi connectivity index (χ1v) is 8.60. The molecule has 22 heavy (non-hydrogen) atoms. The van der Waals surface area contributed by atoms with Crippen LogP contribution in [0.1, 0.15) is 20.8 Å². The van der Waals surface area contributed by atoms with E-state index in [1.165, 1.54) is 0 Å². The molecule has 122 valence electrons. The molecule has 2 aromatic heterocycles. The van der Waals surface area contributed by atoms with Crippen molar-refractivity contribution in [2.75, 3.05) is 27.2 Å². The minimum atomic E-state index is -3.51. The van der Waals surface area contributed by atoms with Crippen molar-refractivity contribution >= 4 is 15.5 Å². The van der Waals surface area contributed by atoms with Crippen LogP contribution in [0.5, 0.6) is 5.75 Å². The van der Waals surface area contributed by atoms with Crippen LogP contribution in [-0.4, -0.2) is 54.7 Å². The van der Waals surface area contributed by atoms with Crippen molar-refractivity contribution in [2.24, 2.45) is 0 Å². The molecular weight excluding hydrogens is 302 g/mol. The maximum atomic E-state index is 12.8. The van der Waals surface area contributed by atoms with Gasteiger partial charge in [0.1, 0.15) is 22.9 Å². The van der Waals surface area contributed by atoms with E-state index in [2.05, 4.69) is 4.98 Å². The predicted molar refractivity (Wildman–Crippen MR) is 86.2 cm³/mol. The van der Waals surface area contributed by atoms with Crippen molar-refractivity contribution in [3.8, 4) is 5.75 Å². The molecule has 0 aliphatic rings. The van der Waals surface area contributed by atoms with E-state index in [1.807, 2.05) is 19.0 Å². The average molecular weight is 325 g/mol. The average Bonchev–Trinajstić information content (AvgIpc) is 2.83. The summed E-state index contributed by atoms with van der Waals surface area (Å²) in [5.74, 6) is 0.357. The third kappa shape index (κ3) is 3.25. The van der Waals surface area contributed by atoms with Gasteiger partial charge in [-0.15, -0.1) is 0 Å². The Labute approximate surface area is 131 Å². The SMILES string of the molecule is CN(C)CCOc1cc2nccn2cc1S(=O)(=O)C(C)(C)C. The number of hydrogen-bond acceptors (Lipinski definition) is 5. The number of rotatable bonds is 5. The fourth-order valence-corrected chi connectivity index (χ4v) is 3.20. The van der Waals surface area contributed by atoms with E-state index in [1.54, 1.807) is 49.8 Å². The first kappa shape index (κ1) is 16.8. The molecule has 6 nitrogen and oxygen atoms in total. The highest BCUT2D eigenvalue weighted by Gasteiger charge is 2.34. The minimum absolute atomic E-state index is 0.198. The molecule has 2 heterocycles. The second-order valence-electron chi connectivity index (χ2n) is 6.46. The van der Waals surface area contributed by atoms with E-state index in [-0.39, 0.29) is 4.90 Å². The number of imidazole rings is 1. The normalized spacial score (nSPS) is 13.0. The van der Waals surface area contributed by atoms with Gasteiger partial charge in [-0.2, -0.15) is 0 Å². The Kier molecular flexibility index (Phi) is 4.49. The highest BCUT2D eigenvalue weighted by atomic mass is 32.2. The summed E-state index contributed by atoms with van der Waals surface area (Å²) in [6.07, 6.45) is 4.93. The molecule has 7 heteroatoms. The molecule has 0 aliphatic carbocycles. The van der Waals surface area contributed by atoms with Gasteiger partial charge in [0, 0.05) is 31.2 Å². The Morgan fingerprint density at radius 2 is 2.00 bits per heavy atom. The van der Waals surface area contributed by atoms with Gasteiger partial charge in [-0.05, 0) is 34.9 Å². The van der Waals surface area contributed by atoms with E-state index >= 15 is 0 Å². The summed E-state index contributed by atoms with van der Waals surface area (Å²) in [5.41, 5.74) is 0.660. The van der Waals surface area contributed by atoms with Crippen molar-refractivity contribution < 1.29 is 13.2 Å². The molecule has 0 aliphatic heterocycles. The molecule has 0 saturated carbocycles. The lowest BCUT2D eigenvalue weighted by Gasteiger charge is -2.22. The van der Waals surface area contributed by atoms with E-state index < -0.39 is 14.6 Å². The number of ether oxygens (including phenoxy) is 1. The lowest BCUT2D eigenvalue weighted by atomic mass is 10.3. The van der Waals surface area contributed by atoms with Crippen molar-refractivity contribution in [2.45, 2.75) is 30.4 Å². The third-order valence-corrected chi connectivity index (χ3v) is 5.85. The number of aromatic nitrogens is 2. The van der Waals surface area contributed by atoms with E-state index in [0.29, 0.717) is 24.5 Å². The quantitative estimate of drug-likeness (QED) is 0.839. The van der Waals surface area contributed by atoms with Crippen molar-refractivity contribution in [1.82, 2.24) is 14.3 Å². The zero-order valence-corrected chi connectivity index (χ0v) is 14.5. The number of nitrogens with zero attached hydrogens (tertiary/aromatic N) is 3. The van der Waals surface area contributed by atoms with Crippen molar-refractivity contribution in [1.29, 1.82) is 0 Å². The van der Waals surface area contributed by atoms with Crippen LogP contribution >= 0.6 is 0 Å². The first-order chi connectivity index (χ1) is 10.1. The van der Waals surface area contributed by atoms with Gasteiger partial charge in [0.15, 0.2) is 9.84 Å². The molecule has 0 fully saturated rings. The van der Waals surface area contributed by atoms with Crippen LogP contribution in [0.15, 0.2) is 29.6 Å². The molecule has 0 atom stereocenters. The van der Waals surface area contributed by atoms with Gasteiger partial charge in [0.25, 0.3) is 0 Å². The van der Waals surface area contributed by atoms with Crippen LogP contribution < -0.4 is 4.74 Å². The molecule has 0 N–H and O–H groups in total. The first-order valence-electron chi connectivity index (χ1n) is 7.12. The van der Waals surface area contributed by atoms with Crippen LogP contribution in [-0.2, 0) is 9.84 Å². The number of pyridine rings is 1. The lowest BCUT2D eigenvalue weighted by molar-refractivity contribution is 0.256.